The highest BCUT2D eigenvalue weighted by Crippen LogP contribution is 2.27. The van der Waals surface area contributed by atoms with Gasteiger partial charge in [-0.25, -0.2) is 4.98 Å². The number of benzene rings is 1. The zero-order valence-corrected chi connectivity index (χ0v) is 16.0. The lowest BCUT2D eigenvalue weighted by Gasteiger charge is -2.30. The van der Waals surface area contributed by atoms with Gasteiger partial charge in [0.05, 0.1) is 29.8 Å². The zero-order valence-electron chi connectivity index (χ0n) is 15.2. The lowest BCUT2D eigenvalue weighted by molar-refractivity contribution is -0.928. The van der Waals surface area contributed by atoms with Gasteiger partial charge in [-0.1, -0.05) is 30.3 Å². The van der Waals surface area contributed by atoms with Crippen molar-refractivity contribution in [2.45, 2.75) is 45.6 Å². The molecule has 2 atom stereocenters. The number of likely N-dealkylation sites (tertiary alicyclic amines) is 1. The highest BCUT2D eigenvalue weighted by Gasteiger charge is 2.21. The summed E-state index contributed by atoms with van der Waals surface area (Å²) in [6.45, 7) is 7.46. The smallest absolute Gasteiger partial charge is 0.263 e. The van der Waals surface area contributed by atoms with Crippen LogP contribution in [0.4, 0.5) is 0 Å². The first-order valence-corrected chi connectivity index (χ1v) is 10.1. The van der Waals surface area contributed by atoms with E-state index in [2.05, 4.69) is 17.2 Å². The fourth-order valence-corrected chi connectivity index (χ4v) is 4.45. The summed E-state index contributed by atoms with van der Waals surface area (Å²) in [7, 11) is 0. The number of piperidine rings is 1. The van der Waals surface area contributed by atoms with E-state index in [0.717, 1.165) is 46.7 Å². The number of nitrogens with zero attached hydrogens (tertiary/aromatic N) is 1. The minimum Gasteiger partial charge on any atom is -0.351 e. The predicted molar refractivity (Wildman–Crippen MR) is 103 cm³/mol. The highest BCUT2D eigenvalue weighted by molar-refractivity contribution is 7.14. The van der Waals surface area contributed by atoms with E-state index in [1.807, 2.05) is 37.3 Å². The Kier molecular flexibility index (Phi) is 6.21. The maximum absolute atomic E-state index is 12.6. The van der Waals surface area contributed by atoms with Gasteiger partial charge in [0, 0.05) is 18.5 Å². The standard InChI is InChI=1S/C20H27N3OS/c1-15-9-6-7-13-23(15)14-8-12-21-20(24)19-18(22-16(2)25-19)17-10-4-3-5-11-17/h3-5,10-11,15H,6-9,12-14H2,1-2H3,(H,21,24)/p+1/t15-/m1/s1. The Morgan fingerprint density at radius 1 is 1.32 bits per heavy atom. The molecule has 0 spiro atoms. The van der Waals surface area contributed by atoms with E-state index in [9.17, 15) is 4.79 Å². The van der Waals surface area contributed by atoms with Crippen LogP contribution in [0.1, 0.15) is 47.3 Å². The average Bonchev–Trinajstić information content (AvgIpc) is 3.03. The molecule has 1 amide bonds. The molecule has 134 valence electrons. The number of amides is 1. The lowest BCUT2D eigenvalue weighted by Crippen LogP contribution is -3.16. The van der Waals surface area contributed by atoms with Crippen LogP contribution in [0.3, 0.4) is 0 Å². The molecule has 1 aliphatic heterocycles. The quantitative estimate of drug-likeness (QED) is 0.780. The molecule has 1 fully saturated rings. The van der Waals surface area contributed by atoms with Crippen LogP contribution in [0.2, 0.25) is 0 Å². The molecule has 0 saturated carbocycles. The molecule has 4 nitrogen and oxygen atoms in total. The van der Waals surface area contributed by atoms with Gasteiger partial charge in [-0.2, -0.15) is 0 Å². The van der Waals surface area contributed by atoms with Crippen molar-refractivity contribution in [1.29, 1.82) is 0 Å². The van der Waals surface area contributed by atoms with E-state index in [-0.39, 0.29) is 5.91 Å². The number of quaternary nitrogens is 1. The van der Waals surface area contributed by atoms with Crippen LogP contribution in [0, 0.1) is 6.92 Å². The van der Waals surface area contributed by atoms with Crippen molar-refractivity contribution in [2.75, 3.05) is 19.6 Å². The number of hydrogen-bond acceptors (Lipinski definition) is 3. The van der Waals surface area contributed by atoms with Crippen LogP contribution in [-0.4, -0.2) is 36.6 Å². The summed E-state index contributed by atoms with van der Waals surface area (Å²) in [5, 5.41) is 4.02. The molecule has 5 heteroatoms. The third-order valence-electron chi connectivity index (χ3n) is 5.03. The first kappa shape index (κ1) is 18.1. The average molecular weight is 359 g/mol. The summed E-state index contributed by atoms with van der Waals surface area (Å²) in [6.07, 6.45) is 5.08. The summed E-state index contributed by atoms with van der Waals surface area (Å²) in [5.41, 5.74) is 1.81. The molecule has 0 bridgehead atoms. The molecule has 2 aromatic rings. The SMILES string of the molecule is Cc1nc(-c2ccccc2)c(C(=O)NCCC[NH+]2CCCC[C@H]2C)s1. The Bertz CT molecular complexity index is 698. The second-order valence-corrected chi connectivity index (χ2v) is 8.14. The largest absolute Gasteiger partial charge is 0.351 e. The third kappa shape index (κ3) is 4.67. The van der Waals surface area contributed by atoms with Crippen molar-refractivity contribution in [3.8, 4) is 11.3 Å². The Morgan fingerprint density at radius 3 is 2.88 bits per heavy atom. The number of rotatable bonds is 6. The van der Waals surface area contributed by atoms with E-state index in [0.29, 0.717) is 0 Å². The maximum Gasteiger partial charge on any atom is 0.263 e. The summed E-state index contributed by atoms with van der Waals surface area (Å²) < 4.78 is 0. The van der Waals surface area contributed by atoms with Gasteiger partial charge in [-0.3, -0.25) is 4.79 Å². The molecule has 25 heavy (non-hydrogen) atoms. The fraction of sp³-hybridized carbons (Fsp3) is 0.500. The zero-order chi connectivity index (χ0) is 17.6. The Balaban J connectivity index is 1.55. The van der Waals surface area contributed by atoms with Gasteiger partial charge in [0.2, 0.25) is 0 Å². The Labute approximate surface area is 154 Å². The molecule has 3 rings (SSSR count). The second-order valence-electron chi connectivity index (χ2n) is 6.94. The molecular formula is C20H28N3OS+. The molecule has 1 saturated heterocycles. The van der Waals surface area contributed by atoms with E-state index >= 15 is 0 Å². The summed E-state index contributed by atoms with van der Waals surface area (Å²) >= 11 is 1.48. The van der Waals surface area contributed by atoms with Gasteiger partial charge in [0.25, 0.3) is 5.91 Å². The fourth-order valence-electron chi connectivity index (χ4n) is 3.59. The number of carbonyl (C=O) groups excluding carboxylic acids is 1. The number of aryl methyl sites for hydroxylation is 1. The van der Waals surface area contributed by atoms with Crippen LogP contribution >= 0.6 is 11.3 Å². The number of thiazole rings is 1. The van der Waals surface area contributed by atoms with Gasteiger partial charge in [-0.05, 0) is 33.1 Å². The van der Waals surface area contributed by atoms with Crippen molar-refractivity contribution in [3.05, 3.63) is 40.2 Å². The molecule has 0 radical (unpaired) electrons. The predicted octanol–water partition coefficient (Wildman–Crippen LogP) is 2.70. The summed E-state index contributed by atoms with van der Waals surface area (Å²) in [6, 6.07) is 10.7. The third-order valence-corrected chi connectivity index (χ3v) is 6.00. The van der Waals surface area contributed by atoms with Gasteiger partial charge >= 0.3 is 0 Å². The van der Waals surface area contributed by atoms with Gasteiger partial charge < -0.3 is 10.2 Å². The van der Waals surface area contributed by atoms with Crippen molar-refractivity contribution >= 4 is 17.2 Å². The first-order chi connectivity index (χ1) is 12.1. The summed E-state index contributed by atoms with van der Waals surface area (Å²) in [5.74, 6) is 0.00569. The van der Waals surface area contributed by atoms with Gasteiger partial charge in [-0.15, -0.1) is 11.3 Å². The maximum atomic E-state index is 12.6. The number of aromatic nitrogens is 1. The second kappa shape index (κ2) is 8.59. The first-order valence-electron chi connectivity index (χ1n) is 9.31. The number of hydrogen-bond donors (Lipinski definition) is 2. The molecule has 1 aromatic heterocycles. The molecule has 2 heterocycles. The topological polar surface area (TPSA) is 46.4 Å². The minimum atomic E-state index is 0.00569. The molecular weight excluding hydrogens is 330 g/mol. The van der Waals surface area contributed by atoms with Crippen LogP contribution in [0.5, 0.6) is 0 Å². The number of nitrogens with one attached hydrogen (secondary N) is 2. The van der Waals surface area contributed by atoms with E-state index < -0.39 is 0 Å². The Morgan fingerprint density at radius 2 is 2.12 bits per heavy atom. The highest BCUT2D eigenvalue weighted by atomic mass is 32.1. The van der Waals surface area contributed by atoms with E-state index in [1.54, 1.807) is 4.90 Å². The van der Waals surface area contributed by atoms with Crippen molar-refractivity contribution in [3.63, 3.8) is 0 Å². The van der Waals surface area contributed by atoms with Crippen LogP contribution in [0.25, 0.3) is 11.3 Å². The summed E-state index contributed by atoms with van der Waals surface area (Å²) in [4.78, 5) is 19.6. The van der Waals surface area contributed by atoms with Crippen LogP contribution in [0.15, 0.2) is 30.3 Å². The normalized spacial score (nSPS) is 20.4. The van der Waals surface area contributed by atoms with Crippen molar-refractivity contribution < 1.29 is 9.69 Å². The molecule has 2 N–H and O–H groups in total. The van der Waals surface area contributed by atoms with E-state index in [4.69, 9.17) is 0 Å². The van der Waals surface area contributed by atoms with Crippen LogP contribution in [-0.2, 0) is 0 Å². The molecule has 1 unspecified atom stereocenters. The van der Waals surface area contributed by atoms with Crippen LogP contribution < -0.4 is 10.2 Å². The monoisotopic (exact) mass is 358 g/mol. The van der Waals surface area contributed by atoms with Crippen molar-refractivity contribution in [1.82, 2.24) is 10.3 Å². The van der Waals surface area contributed by atoms with E-state index in [1.165, 1.54) is 37.1 Å². The minimum absolute atomic E-state index is 0.00569. The Hall–Kier alpha value is -1.72. The van der Waals surface area contributed by atoms with Gasteiger partial charge in [0.15, 0.2) is 0 Å². The van der Waals surface area contributed by atoms with Gasteiger partial charge in [0.1, 0.15) is 4.88 Å². The molecule has 1 aliphatic rings. The molecule has 0 aliphatic carbocycles. The lowest BCUT2D eigenvalue weighted by atomic mass is 10.0. The number of carbonyl (C=O) groups is 1. The van der Waals surface area contributed by atoms with Crippen molar-refractivity contribution in [2.24, 2.45) is 0 Å². The molecule has 1 aromatic carbocycles.